The van der Waals surface area contributed by atoms with Crippen LogP contribution in [0, 0.1) is 0 Å². The van der Waals surface area contributed by atoms with Gasteiger partial charge in [0, 0.05) is 18.7 Å². The first-order chi connectivity index (χ1) is 13.7. The van der Waals surface area contributed by atoms with Crippen molar-refractivity contribution in [2.24, 2.45) is 0 Å². The molecule has 0 aromatic heterocycles. The van der Waals surface area contributed by atoms with Crippen LogP contribution in [0.3, 0.4) is 0 Å². The highest BCUT2D eigenvalue weighted by Gasteiger charge is 2.25. The minimum absolute atomic E-state index is 0.171. The van der Waals surface area contributed by atoms with Gasteiger partial charge in [0.1, 0.15) is 6.61 Å². The molecule has 0 aliphatic carbocycles. The summed E-state index contributed by atoms with van der Waals surface area (Å²) in [6.07, 6.45) is -0.216. The number of fused-ring (bicyclic) bond motifs is 1. The number of para-hydroxylation sites is 3. The Morgan fingerprint density at radius 1 is 1.14 bits per heavy atom. The van der Waals surface area contributed by atoms with E-state index in [0.29, 0.717) is 43.5 Å². The molecule has 1 heterocycles. The number of nitrogens with zero attached hydrogens (tertiary/aromatic N) is 1. The van der Waals surface area contributed by atoms with E-state index in [1.807, 2.05) is 49.4 Å². The molecule has 0 spiro atoms. The minimum atomic E-state index is -0.216. The number of likely N-dealkylation sites (N-methyl/N-ethyl adjacent to an activating group) is 1. The zero-order valence-electron chi connectivity index (χ0n) is 16.4. The fourth-order valence-electron chi connectivity index (χ4n) is 3.13. The van der Waals surface area contributed by atoms with E-state index in [4.69, 9.17) is 18.9 Å². The molecule has 28 heavy (non-hydrogen) atoms. The highest BCUT2D eigenvalue weighted by atomic mass is 16.6. The molecule has 7 nitrogen and oxygen atoms in total. The van der Waals surface area contributed by atoms with Crippen molar-refractivity contribution in [2.45, 2.75) is 19.6 Å². The van der Waals surface area contributed by atoms with Crippen LogP contribution in [0.5, 0.6) is 23.0 Å². The van der Waals surface area contributed by atoms with Crippen LogP contribution in [0.2, 0.25) is 0 Å². The molecule has 1 unspecified atom stereocenters. The minimum Gasteiger partial charge on any atom is -0.493 e. The summed E-state index contributed by atoms with van der Waals surface area (Å²) >= 11 is 0. The average molecular weight is 386 g/mol. The van der Waals surface area contributed by atoms with Crippen LogP contribution in [0.15, 0.2) is 42.5 Å². The molecule has 150 valence electrons. The van der Waals surface area contributed by atoms with Crippen LogP contribution in [0.4, 0.5) is 4.79 Å². The van der Waals surface area contributed by atoms with Crippen LogP contribution in [0.1, 0.15) is 12.5 Å². The molecular weight excluding hydrogens is 360 g/mol. The molecule has 1 aliphatic rings. The van der Waals surface area contributed by atoms with E-state index in [1.54, 1.807) is 19.1 Å². The van der Waals surface area contributed by atoms with Crippen LogP contribution in [0.25, 0.3) is 0 Å². The van der Waals surface area contributed by atoms with E-state index in [0.717, 1.165) is 11.3 Å². The lowest BCUT2D eigenvalue weighted by Gasteiger charge is -2.31. The Bertz CT molecular complexity index is 811. The quantitative estimate of drug-likeness (QED) is 0.792. The first kappa shape index (κ1) is 19.7. The Hall–Kier alpha value is -3.09. The molecule has 2 aromatic rings. The third-order valence-corrected chi connectivity index (χ3v) is 4.58. The number of methoxy groups -OCH3 is 2. The summed E-state index contributed by atoms with van der Waals surface area (Å²) in [5.41, 5.74) is 0.845. The summed E-state index contributed by atoms with van der Waals surface area (Å²) in [5, 5.41) is 2.94. The molecule has 1 aliphatic heterocycles. The average Bonchev–Trinajstić information content (AvgIpc) is 2.75. The SMILES string of the molecule is CCN(CC1COc2ccccc2O1)C(=O)NCc1cccc(OC)c1OC. The van der Waals surface area contributed by atoms with E-state index in [2.05, 4.69) is 5.32 Å². The molecule has 3 rings (SSSR count). The first-order valence-electron chi connectivity index (χ1n) is 9.27. The van der Waals surface area contributed by atoms with Gasteiger partial charge in [-0.1, -0.05) is 24.3 Å². The number of nitrogens with one attached hydrogen (secondary N) is 1. The Balaban J connectivity index is 1.59. The molecule has 7 heteroatoms. The summed E-state index contributed by atoms with van der Waals surface area (Å²) < 4.78 is 22.4. The summed E-state index contributed by atoms with van der Waals surface area (Å²) in [6.45, 7) is 3.67. The van der Waals surface area contributed by atoms with Crippen molar-refractivity contribution >= 4 is 6.03 Å². The molecule has 0 saturated heterocycles. The number of ether oxygens (including phenoxy) is 4. The van der Waals surface area contributed by atoms with E-state index >= 15 is 0 Å². The standard InChI is InChI=1S/C21H26N2O5/c1-4-23(13-16-14-27-17-9-5-6-10-18(17)28-16)21(24)22-12-15-8-7-11-19(25-2)20(15)26-3/h5-11,16H,4,12-14H2,1-3H3,(H,22,24). The summed E-state index contributed by atoms with van der Waals surface area (Å²) in [6, 6.07) is 13.0. The monoisotopic (exact) mass is 386 g/mol. The number of carbonyl (C=O) groups is 1. The Labute approximate surface area is 165 Å². The van der Waals surface area contributed by atoms with Crippen molar-refractivity contribution < 1.29 is 23.7 Å². The van der Waals surface area contributed by atoms with Gasteiger partial charge in [0.05, 0.1) is 20.8 Å². The van der Waals surface area contributed by atoms with Crippen LogP contribution < -0.4 is 24.3 Å². The molecule has 0 fully saturated rings. The lowest BCUT2D eigenvalue weighted by atomic mass is 10.2. The van der Waals surface area contributed by atoms with Gasteiger partial charge < -0.3 is 29.2 Å². The van der Waals surface area contributed by atoms with Gasteiger partial charge in [-0.15, -0.1) is 0 Å². The van der Waals surface area contributed by atoms with Crippen LogP contribution in [-0.4, -0.2) is 51.0 Å². The molecule has 1 N–H and O–H groups in total. The molecule has 0 saturated carbocycles. The molecular formula is C21H26N2O5. The second-order valence-corrected chi connectivity index (χ2v) is 6.35. The number of carbonyl (C=O) groups excluding carboxylic acids is 1. The smallest absolute Gasteiger partial charge is 0.317 e. The summed E-state index contributed by atoms with van der Waals surface area (Å²) in [5.74, 6) is 2.69. The lowest BCUT2D eigenvalue weighted by molar-refractivity contribution is 0.0675. The van der Waals surface area contributed by atoms with Crippen LogP contribution >= 0.6 is 0 Å². The van der Waals surface area contributed by atoms with E-state index in [9.17, 15) is 4.79 Å². The normalized spacial score (nSPS) is 14.9. The second-order valence-electron chi connectivity index (χ2n) is 6.35. The van der Waals surface area contributed by atoms with Gasteiger partial charge in [0.15, 0.2) is 29.1 Å². The van der Waals surface area contributed by atoms with E-state index in [-0.39, 0.29) is 12.1 Å². The van der Waals surface area contributed by atoms with Crippen molar-refractivity contribution in [1.29, 1.82) is 0 Å². The predicted molar refractivity (Wildman–Crippen MR) is 105 cm³/mol. The van der Waals surface area contributed by atoms with Gasteiger partial charge in [-0.3, -0.25) is 0 Å². The number of hydrogen-bond donors (Lipinski definition) is 1. The highest BCUT2D eigenvalue weighted by Crippen LogP contribution is 2.31. The number of amides is 2. The maximum absolute atomic E-state index is 12.7. The summed E-state index contributed by atoms with van der Waals surface area (Å²) in [7, 11) is 3.17. The van der Waals surface area contributed by atoms with Gasteiger partial charge in [-0.2, -0.15) is 0 Å². The van der Waals surface area contributed by atoms with Crippen molar-refractivity contribution in [3.63, 3.8) is 0 Å². The summed E-state index contributed by atoms with van der Waals surface area (Å²) in [4.78, 5) is 14.4. The zero-order chi connectivity index (χ0) is 19.9. The van der Waals surface area contributed by atoms with Crippen molar-refractivity contribution in [3.05, 3.63) is 48.0 Å². The molecule has 2 amide bonds. The second kappa shape index (κ2) is 9.21. The predicted octanol–water partition coefficient (Wildman–Crippen LogP) is 3.08. The van der Waals surface area contributed by atoms with Gasteiger partial charge >= 0.3 is 6.03 Å². The van der Waals surface area contributed by atoms with Crippen LogP contribution in [-0.2, 0) is 6.54 Å². The fraction of sp³-hybridized carbons (Fsp3) is 0.381. The molecule has 0 bridgehead atoms. The van der Waals surface area contributed by atoms with E-state index < -0.39 is 0 Å². The Morgan fingerprint density at radius 2 is 1.93 bits per heavy atom. The largest absolute Gasteiger partial charge is 0.493 e. The third-order valence-electron chi connectivity index (χ3n) is 4.58. The third kappa shape index (κ3) is 4.42. The number of hydrogen-bond acceptors (Lipinski definition) is 5. The maximum Gasteiger partial charge on any atom is 0.317 e. The maximum atomic E-state index is 12.7. The molecule has 0 radical (unpaired) electrons. The van der Waals surface area contributed by atoms with Gasteiger partial charge in [0.2, 0.25) is 0 Å². The molecule has 2 aromatic carbocycles. The van der Waals surface area contributed by atoms with Crippen molar-refractivity contribution in [1.82, 2.24) is 10.2 Å². The van der Waals surface area contributed by atoms with E-state index in [1.165, 1.54) is 0 Å². The Kier molecular flexibility index (Phi) is 6.47. The van der Waals surface area contributed by atoms with Crippen molar-refractivity contribution in [2.75, 3.05) is 33.9 Å². The van der Waals surface area contributed by atoms with Gasteiger partial charge in [-0.25, -0.2) is 4.79 Å². The zero-order valence-corrected chi connectivity index (χ0v) is 16.4. The number of benzene rings is 2. The molecule has 1 atom stereocenters. The highest BCUT2D eigenvalue weighted by molar-refractivity contribution is 5.74. The number of urea groups is 1. The lowest BCUT2D eigenvalue weighted by Crippen LogP contribution is -2.47. The number of rotatable bonds is 7. The fourth-order valence-corrected chi connectivity index (χ4v) is 3.13. The van der Waals surface area contributed by atoms with Gasteiger partial charge in [-0.05, 0) is 25.1 Å². The van der Waals surface area contributed by atoms with Crippen molar-refractivity contribution in [3.8, 4) is 23.0 Å². The van der Waals surface area contributed by atoms with Gasteiger partial charge in [0.25, 0.3) is 0 Å². The Morgan fingerprint density at radius 3 is 2.64 bits per heavy atom. The topological polar surface area (TPSA) is 69.3 Å². The first-order valence-corrected chi connectivity index (χ1v) is 9.27.